The molecule has 6 rings (SSSR count). The first-order chi connectivity index (χ1) is 18.1. The molecule has 2 aliphatic carbocycles. The Kier molecular flexibility index (Phi) is 6.48. The van der Waals surface area contributed by atoms with Crippen molar-refractivity contribution in [2.24, 2.45) is 0 Å². The standard InChI is InChI=1S/C27H33FN8O/c1-35(18-12-13-23(28)29-16-18)26(37)22-11-6-14-36(22)27-30-20-10-5-9-19(20)25(32-27)31-24-15-21(33-34-24)17-7-3-2-4-8-17/h12-13,15-17,22H,2-11,14H2,1H3,(H2,30,31,32,33,34)/t22-/m0/s1. The number of aromatic nitrogens is 5. The highest BCUT2D eigenvalue weighted by atomic mass is 19.1. The van der Waals surface area contributed by atoms with Crippen molar-refractivity contribution in [3.8, 4) is 0 Å². The highest BCUT2D eigenvalue weighted by Crippen LogP contribution is 2.35. The molecule has 194 valence electrons. The summed E-state index contributed by atoms with van der Waals surface area (Å²) in [5, 5.41) is 11.2. The number of amides is 1. The van der Waals surface area contributed by atoms with Crippen LogP contribution in [0.2, 0.25) is 0 Å². The molecule has 9 nitrogen and oxygen atoms in total. The molecule has 1 saturated carbocycles. The van der Waals surface area contributed by atoms with Gasteiger partial charge in [-0.1, -0.05) is 19.3 Å². The van der Waals surface area contributed by atoms with E-state index in [0.717, 1.165) is 48.6 Å². The van der Waals surface area contributed by atoms with E-state index in [1.165, 1.54) is 50.1 Å². The Bertz CT molecular complexity index is 1270. The van der Waals surface area contributed by atoms with E-state index in [2.05, 4.69) is 26.6 Å². The minimum atomic E-state index is -0.568. The number of likely N-dealkylation sites (N-methyl/N-ethyl adjacent to an activating group) is 1. The van der Waals surface area contributed by atoms with Gasteiger partial charge in [0.2, 0.25) is 17.8 Å². The monoisotopic (exact) mass is 504 g/mol. The smallest absolute Gasteiger partial charge is 0.249 e. The Labute approximate surface area is 215 Å². The molecule has 37 heavy (non-hydrogen) atoms. The SMILES string of the molecule is CN(C(=O)[C@@H]1CCCN1c1nc2c(c(Nc3cc(C4CCCCC4)[nH]n3)n1)CCC2)c1ccc(F)nc1. The summed E-state index contributed by atoms with van der Waals surface area (Å²) in [6.07, 6.45) is 12.1. The maximum absolute atomic E-state index is 13.5. The van der Waals surface area contributed by atoms with Gasteiger partial charge < -0.3 is 15.1 Å². The number of anilines is 4. The number of aromatic amines is 1. The van der Waals surface area contributed by atoms with Crippen LogP contribution >= 0.6 is 0 Å². The summed E-state index contributed by atoms with van der Waals surface area (Å²) in [6, 6.07) is 4.57. The Morgan fingerprint density at radius 1 is 1.11 bits per heavy atom. The van der Waals surface area contributed by atoms with E-state index in [0.29, 0.717) is 30.5 Å². The minimum absolute atomic E-state index is 0.0751. The van der Waals surface area contributed by atoms with Gasteiger partial charge >= 0.3 is 0 Å². The molecule has 1 atom stereocenters. The summed E-state index contributed by atoms with van der Waals surface area (Å²) in [5.74, 6) is 2.04. The van der Waals surface area contributed by atoms with Crippen LogP contribution in [-0.4, -0.2) is 50.7 Å². The summed E-state index contributed by atoms with van der Waals surface area (Å²) in [5.41, 5.74) is 3.94. The molecule has 4 heterocycles. The Hall–Kier alpha value is -3.56. The number of H-pyrrole nitrogens is 1. The fraction of sp³-hybridized carbons (Fsp3) is 0.519. The van der Waals surface area contributed by atoms with Crippen LogP contribution in [0, 0.1) is 5.95 Å². The molecular weight excluding hydrogens is 471 g/mol. The topological polar surface area (TPSA) is 103 Å². The maximum Gasteiger partial charge on any atom is 0.249 e. The van der Waals surface area contributed by atoms with Gasteiger partial charge in [-0.05, 0) is 57.1 Å². The van der Waals surface area contributed by atoms with Crippen LogP contribution in [0.4, 0.5) is 27.7 Å². The third kappa shape index (κ3) is 4.76. The van der Waals surface area contributed by atoms with Crippen molar-refractivity contribution in [1.82, 2.24) is 25.1 Å². The molecule has 0 radical (unpaired) electrons. The second-order valence-electron chi connectivity index (χ2n) is 10.4. The largest absolute Gasteiger partial charge is 0.329 e. The van der Waals surface area contributed by atoms with Crippen molar-refractivity contribution >= 4 is 29.2 Å². The van der Waals surface area contributed by atoms with Crippen LogP contribution in [0.25, 0.3) is 0 Å². The number of halogens is 1. The van der Waals surface area contributed by atoms with Crippen LogP contribution in [-0.2, 0) is 17.6 Å². The van der Waals surface area contributed by atoms with Gasteiger partial charge in [0.25, 0.3) is 0 Å². The highest BCUT2D eigenvalue weighted by Gasteiger charge is 2.36. The van der Waals surface area contributed by atoms with Gasteiger partial charge in [-0.25, -0.2) is 9.97 Å². The normalized spacial score (nSPS) is 19.7. The van der Waals surface area contributed by atoms with Crippen molar-refractivity contribution < 1.29 is 9.18 Å². The predicted molar refractivity (Wildman–Crippen MR) is 140 cm³/mol. The summed E-state index contributed by atoms with van der Waals surface area (Å²) < 4.78 is 13.3. The first-order valence-corrected chi connectivity index (χ1v) is 13.4. The Morgan fingerprint density at radius 2 is 1.97 bits per heavy atom. The average Bonchev–Trinajstić information content (AvgIpc) is 3.69. The second-order valence-corrected chi connectivity index (χ2v) is 10.4. The Morgan fingerprint density at radius 3 is 2.78 bits per heavy atom. The third-order valence-corrected chi connectivity index (χ3v) is 8.03. The first-order valence-electron chi connectivity index (χ1n) is 13.4. The molecule has 0 spiro atoms. The molecule has 0 aromatic carbocycles. The van der Waals surface area contributed by atoms with Crippen molar-refractivity contribution in [2.75, 3.05) is 28.7 Å². The second kappa shape index (κ2) is 10.1. The number of carbonyl (C=O) groups is 1. The number of nitrogens with zero attached hydrogens (tertiary/aromatic N) is 6. The van der Waals surface area contributed by atoms with Crippen molar-refractivity contribution in [3.63, 3.8) is 0 Å². The van der Waals surface area contributed by atoms with Gasteiger partial charge in [-0.15, -0.1) is 0 Å². The van der Waals surface area contributed by atoms with Crippen LogP contribution in [0.3, 0.4) is 0 Å². The van der Waals surface area contributed by atoms with Gasteiger partial charge in [0.05, 0.1) is 17.6 Å². The summed E-state index contributed by atoms with van der Waals surface area (Å²) in [7, 11) is 1.70. The van der Waals surface area contributed by atoms with Crippen molar-refractivity contribution in [3.05, 3.63) is 47.3 Å². The number of carbonyl (C=O) groups excluding carboxylic acids is 1. The van der Waals surface area contributed by atoms with Crippen LogP contribution in [0.15, 0.2) is 24.4 Å². The zero-order valence-electron chi connectivity index (χ0n) is 21.2. The molecule has 0 unspecified atom stereocenters. The average molecular weight is 505 g/mol. The van der Waals surface area contributed by atoms with E-state index in [-0.39, 0.29) is 11.9 Å². The predicted octanol–water partition coefficient (Wildman–Crippen LogP) is 4.65. The fourth-order valence-corrected chi connectivity index (χ4v) is 5.98. The van der Waals surface area contributed by atoms with E-state index in [1.807, 2.05) is 4.90 Å². The molecule has 3 aromatic rings. The van der Waals surface area contributed by atoms with E-state index in [1.54, 1.807) is 18.0 Å². The molecular formula is C27H33FN8O. The minimum Gasteiger partial charge on any atom is -0.329 e. The zero-order chi connectivity index (χ0) is 25.4. The molecule has 1 aliphatic heterocycles. The Balaban J connectivity index is 1.24. The summed E-state index contributed by atoms with van der Waals surface area (Å²) in [6.45, 7) is 0.707. The lowest BCUT2D eigenvalue weighted by Crippen LogP contribution is -2.45. The molecule has 1 amide bonds. The van der Waals surface area contributed by atoms with Gasteiger partial charge in [-0.3, -0.25) is 9.89 Å². The van der Waals surface area contributed by atoms with E-state index in [4.69, 9.17) is 9.97 Å². The van der Waals surface area contributed by atoms with Gasteiger partial charge in [0.1, 0.15) is 11.9 Å². The van der Waals surface area contributed by atoms with Crippen molar-refractivity contribution in [1.29, 1.82) is 0 Å². The lowest BCUT2D eigenvalue weighted by atomic mass is 9.87. The van der Waals surface area contributed by atoms with Gasteiger partial charge in [-0.2, -0.15) is 14.5 Å². The molecule has 3 aliphatic rings. The molecule has 3 aromatic heterocycles. The summed E-state index contributed by atoms with van der Waals surface area (Å²) in [4.78, 5) is 30.5. The number of pyridine rings is 1. The number of rotatable bonds is 6. The number of hydrogen-bond donors (Lipinski definition) is 2. The number of hydrogen-bond acceptors (Lipinski definition) is 7. The van der Waals surface area contributed by atoms with E-state index < -0.39 is 5.95 Å². The molecule has 2 N–H and O–H groups in total. The van der Waals surface area contributed by atoms with Crippen LogP contribution in [0.5, 0.6) is 0 Å². The van der Waals surface area contributed by atoms with E-state index in [9.17, 15) is 9.18 Å². The number of aryl methyl sites for hydroxylation is 1. The molecule has 10 heteroatoms. The lowest BCUT2D eigenvalue weighted by molar-refractivity contribution is -0.119. The number of nitrogens with one attached hydrogen (secondary N) is 2. The first kappa shape index (κ1) is 23.8. The summed E-state index contributed by atoms with van der Waals surface area (Å²) >= 11 is 0. The highest BCUT2D eigenvalue weighted by molar-refractivity contribution is 5.98. The molecule has 1 saturated heterocycles. The van der Waals surface area contributed by atoms with Crippen LogP contribution in [0.1, 0.15) is 74.2 Å². The zero-order valence-corrected chi connectivity index (χ0v) is 21.2. The molecule has 2 fully saturated rings. The lowest BCUT2D eigenvalue weighted by Gasteiger charge is -2.28. The van der Waals surface area contributed by atoms with Crippen molar-refractivity contribution in [2.45, 2.75) is 76.2 Å². The maximum atomic E-state index is 13.5. The van der Waals surface area contributed by atoms with Crippen LogP contribution < -0.4 is 15.1 Å². The fourth-order valence-electron chi connectivity index (χ4n) is 5.98. The quantitative estimate of drug-likeness (QED) is 0.471. The van der Waals surface area contributed by atoms with Gasteiger partial charge in [0.15, 0.2) is 5.82 Å². The molecule has 0 bridgehead atoms. The van der Waals surface area contributed by atoms with Gasteiger partial charge in [0, 0.05) is 36.8 Å². The van der Waals surface area contributed by atoms with E-state index >= 15 is 0 Å². The number of fused-ring (bicyclic) bond motifs is 1. The third-order valence-electron chi connectivity index (χ3n) is 8.03.